The Morgan fingerprint density at radius 3 is 2.88 bits per heavy atom. The summed E-state index contributed by atoms with van der Waals surface area (Å²) in [6.07, 6.45) is 1.87. The number of fused-ring (bicyclic) bond motifs is 1. The minimum atomic E-state index is -0.429. The molecule has 26 heavy (non-hydrogen) atoms. The van der Waals surface area contributed by atoms with Crippen molar-refractivity contribution in [2.24, 2.45) is 5.92 Å². The number of hydrogen-bond donors (Lipinski definition) is 0. The second kappa shape index (κ2) is 6.83. The Bertz CT molecular complexity index is 850. The van der Waals surface area contributed by atoms with Crippen molar-refractivity contribution >= 4 is 28.8 Å². The molecule has 0 radical (unpaired) electrons. The van der Waals surface area contributed by atoms with E-state index in [4.69, 9.17) is 0 Å². The molecule has 3 heterocycles. The van der Waals surface area contributed by atoms with Gasteiger partial charge in [0.15, 0.2) is 0 Å². The first-order valence-electron chi connectivity index (χ1n) is 9.01. The minimum absolute atomic E-state index is 0.0147. The number of amides is 2. The molecule has 2 aliphatic rings. The number of rotatable bonds is 3. The molecule has 0 N–H and O–H groups in total. The number of para-hydroxylation sites is 1. The van der Waals surface area contributed by atoms with Crippen LogP contribution >= 0.6 is 11.3 Å². The van der Waals surface area contributed by atoms with E-state index in [2.05, 4.69) is 18.4 Å². The summed E-state index contributed by atoms with van der Waals surface area (Å²) in [5, 5.41) is 2.08. The first-order chi connectivity index (χ1) is 12.6. The Kier molecular flexibility index (Phi) is 4.53. The van der Waals surface area contributed by atoms with Gasteiger partial charge in [-0.2, -0.15) is 0 Å². The van der Waals surface area contributed by atoms with E-state index < -0.39 is 11.7 Å². The predicted molar refractivity (Wildman–Crippen MR) is 99.6 cm³/mol. The van der Waals surface area contributed by atoms with E-state index in [1.807, 2.05) is 4.90 Å². The first kappa shape index (κ1) is 17.2. The summed E-state index contributed by atoms with van der Waals surface area (Å²) < 4.78 is 14.1. The van der Waals surface area contributed by atoms with Crippen molar-refractivity contribution in [2.75, 3.05) is 18.0 Å². The molecule has 1 aromatic carbocycles. The zero-order chi connectivity index (χ0) is 18.3. The molecular formula is C20H21FN2O2S. The van der Waals surface area contributed by atoms with Gasteiger partial charge in [-0.25, -0.2) is 4.39 Å². The molecule has 0 saturated carbocycles. The molecule has 0 spiro atoms. The van der Waals surface area contributed by atoms with Crippen LogP contribution < -0.4 is 4.90 Å². The predicted octanol–water partition coefficient (Wildman–Crippen LogP) is 3.78. The van der Waals surface area contributed by atoms with E-state index >= 15 is 0 Å². The van der Waals surface area contributed by atoms with Crippen molar-refractivity contribution in [3.05, 3.63) is 52.0 Å². The number of nitrogens with zero attached hydrogens (tertiary/aromatic N) is 2. The molecule has 6 heteroatoms. The fraction of sp³-hybridized carbons (Fsp3) is 0.400. The molecule has 0 aliphatic carbocycles. The lowest BCUT2D eigenvalue weighted by atomic mass is 9.95. The summed E-state index contributed by atoms with van der Waals surface area (Å²) >= 11 is 1.75. The van der Waals surface area contributed by atoms with Crippen LogP contribution in [0.4, 0.5) is 10.1 Å². The molecule has 136 valence electrons. The van der Waals surface area contributed by atoms with Crippen LogP contribution in [-0.2, 0) is 16.0 Å². The molecule has 0 bridgehead atoms. The van der Waals surface area contributed by atoms with E-state index in [-0.39, 0.29) is 36.5 Å². The highest BCUT2D eigenvalue weighted by Gasteiger charge is 2.40. The Hall–Kier alpha value is -2.21. The highest BCUT2D eigenvalue weighted by Crippen LogP contribution is 2.37. The highest BCUT2D eigenvalue weighted by atomic mass is 32.1. The molecule has 2 aliphatic heterocycles. The zero-order valence-electron chi connectivity index (χ0n) is 14.7. The third-order valence-electron chi connectivity index (χ3n) is 5.38. The smallest absolute Gasteiger partial charge is 0.228 e. The van der Waals surface area contributed by atoms with Crippen LogP contribution in [0.25, 0.3) is 0 Å². The number of halogens is 1. The van der Waals surface area contributed by atoms with E-state index in [0.717, 1.165) is 12.8 Å². The van der Waals surface area contributed by atoms with Crippen molar-refractivity contribution < 1.29 is 14.0 Å². The number of anilines is 1. The van der Waals surface area contributed by atoms with E-state index in [9.17, 15) is 14.0 Å². The van der Waals surface area contributed by atoms with Crippen LogP contribution in [0.15, 0.2) is 35.7 Å². The monoisotopic (exact) mass is 372 g/mol. The first-order valence-corrected chi connectivity index (χ1v) is 9.89. The molecule has 2 aromatic rings. The SMILES string of the molecule is CCC1c2ccsc2CCN1C(=O)C1CC(=O)N(c2ccccc2F)C1. The number of carbonyl (C=O) groups excluding carboxylic acids is 2. The van der Waals surface area contributed by atoms with Gasteiger partial charge >= 0.3 is 0 Å². The van der Waals surface area contributed by atoms with Gasteiger partial charge in [-0.15, -0.1) is 11.3 Å². The lowest BCUT2D eigenvalue weighted by molar-refractivity contribution is -0.138. The molecule has 2 amide bonds. The normalized spacial score (nSPS) is 22.6. The summed E-state index contributed by atoms with van der Waals surface area (Å²) in [6, 6.07) is 8.42. The van der Waals surface area contributed by atoms with Crippen LogP contribution in [0.2, 0.25) is 0 Å². The maximum Gasteiger partial charge on any atom is 0.228 e. The molecule has 1 aromatic heterocycles. The maximum atomic E-state index is 14.1. The number of hydrogen-bond acceptors (Lipinski definition) is 3. The average molecular weight is 372 g/mol. The second-order valence-corrected chi connectivity index (χ2v) is 7.86. The van der Waals surface area contributed by atoms with Crippen molar-refractivity contribution in [1.82, 2.24) is 4.90 Å². The summed E-state index contributed by atoms with van der Waals surface area (Å²) in [6.45, 7) is 3.03. The van der Waals surface area contributed by atoms with E-state index in [1.54, 1.807) is 29.5 Å². The fourth-order valence-electron chi connectivity index (χ4n) is 4.11. The van der Waals surface area contributed by atoms with Crippen molar-refractivity contribution in [1.29, 1.82) is 0 Å². The van der Waals surface area contributed by atoms with Crippen LogP contribution in [0.3, 0.4) is 0 Å². The average Bonchev–Trinajstić information content (AvgIpc) is 3.27. The Morgan fingerprint density at radius 1 is 1.31 bits per heavy atom. The fourth-order valence-corrected chi connectivity index (χ4v) is 5.04. The zero-order valence-corrected chi connectivity index (χ0v) is 15.5. The Labute approximate surface area is 156 Å². The van der Waals surface area contributed by atoms with Crippen molar-refractivity contribution in [2.45, 2.75) is 32.2 Å². The van der Waals surface area contributed by atoms with Gasteiger partial charge < -0.3 is 9.80 Å². The van der Waals surface area contributed by atoms with Gasteiger partial charge in [-0.3, -0.25) is 9.59 Å². The van der Waals surface area contributed by atoms with Gasteiger partial charge in [-0.05, 0) is 42.0 Å². The molecular weight excluding hydrogens is 351 g/mol. The van der Waals surface area contributed by atoms with Gasteiger partial charge in [0, 0.05) is 24.4 Å². The number of thiophene rings is 1. The largest absolute Gasteiger partial charge is 0.335 e. The van der Waals surface area contributed by atoms with Gasteiger partial charge in [0.05, 0.1) is 17.6 Å². The highest BCUT2D eigenvalue weighted by molar-refractivity contribution is 7.10. The summed E-state index contributed by atoms with van der Waals surface area (Å²) in [7, 11) is 0. The van der Waals surface area contributed by atoms with Crippen LogP contribution in [0.1, 0.15) is 36.2 Å². The summed E-state index contributed by atoms with van der Waals surface area (Å²) in [5.41, 5.74) is 1.51. The lowest BCUT2D eigenvalue weighted by Crippen LogP contribution is -2.43. The van der Waals surface area contributed by atoms with Gasteiger partial charge in [0.1, 0.15) is 5.82 Å². The molecule has 1 fully saturated rings. The number of carbonyl (C=O) groups is 2. The van der Waals surface area contributed by atoms with E-state index in [1.165, 1.54) is 21.4 Å². The van der Waals surface area contributed by atoms with Gasteiger partial charge in [-0.1, -0.05) is 19.1 Å². The Balaban J connectivity index is 1.54. The van der Waals surface area contributed by atoms with Crippen molar-refractivity contribution in [3.8, 4) is 0 Å². The third kappa shape index (κ3) is 2.82. The topological polar surface area (TPSA) is 40.6 Å². The van der Waals surface area contributed by atoms with Crippen LogP contribution in [0, 0.1) is 11.7 Å². The quantitative estimate of drug-likeness (QED) is 0.823. The van der Waals surface area contributed by atoms with Crippen LogP contribution in [0.5, 0.6) is 0 Å². The standard InChI is InChI=1S/C20H21FN2O2S/c1-2-16-14-8-10-26-18(14)7-9-22(16)20(25)13-11-19(24)23(12-13)17-6-4-3-5-15(17)21/h3-6,8,10,13,16H,2,7,9,11-12H2,1H3. The van der Waals surface area contributed by atoms with Gasteiger partial charge in [0.25, 0.3) is 0 Å². The summed E-state index contributed by atoms with van der Waals surface area (Å²) in [4.78, 5) is 30.3. The van der Waals surface area contributed by atoms with Crippen molar-refractivity contribution in [3.63, 3.8) is 0 Å². The Morgan fingerprint density at radius 2 is 2.12 bits per heavy atom. The second-order valence-electron chi connectivity index (χ2n) is 6.86. The molecule has 2 unspecified atom stereocenters. The van der Waals surface area contributed by atoms with Crippen LogP contribution in [-0.4, -0.2) is 29.8 Å². The molecule has 4 rings (SSSR count). The number of benzene rings is 1. The molecule has 4 nitrogen and oxygen atoms in total. The third-order valence-corrected chi connectivity index (χ3v) is 6.38. The molecule has 1 saturated heterocycles. The minimum Gasteiger partial charge on any atom is -0.335 e. The van der Waals surface area contributed by atoms with E-state index in [0.29, 0.717) is 6.54 Å². The summed E-state index contributed by atoms with van der Waals surface area (Å²) in [5.74, 6) is -1.01. The maximum absolute atomic E-state index is 14.1. The van der Waals surface area contributed by atoms with Gasteiger partial charge in [0.2, 0.25) is 11.8 Å². The molecule has 2 atom stereocenters. The lowest BCUT2D eigenvalue weighted by Gasteiger charge is -2.37.